The number of hydrogen-bond acceptors (Lipinski definition) is 5. The van der Waals surface area contributed by atoms with E-state index in [1.54, 1.807) is 10.4 Å². The Morgan fingerprint density at radius 2 is 2.20 bits per heavy atom. The predicted octanol–water partition coefficient (Wildman–Crippen LogP) is 1.57. The number of ether oxygens (including phenoxy) is 1. The molecule has 20 heavy (non-hydrogen) atoms. The molecule has 114 valence electrons. The number of aryl methyl sites for hydroxylation is 1. The van der Waals surface area contributed by atoms with Crippen molar-refractivity contribution in [3.63, 3.8) is 0 Å². The van der Waals surface area contributed by atoms with Crippen LogP contribution in [0.25, 0.3) is 0 Å². The number of sulfonamides is 1. The SMILES string of the molecule is CNCc1sc(S(=O)(=O)N2CC(C)OCC2C)cc1C. The number of nitrogens with zero attached hydrogens (tertiary/aromatic N) is 1. The molecule has 1 saturated heterocycles. The molecule has 1 N–H and O–H groups in total. The van der Waals surface area contributed by atoms with Gasteiger partial charge in [0.2, 0.25) is 0 Å². The third-order valence-electron chi connectivity index (χ3n) is 3.45. The zero-order chi connectivity index (χ0) is 14.9. The lowest BCUT2D eigenvalue weighted by Gasteiger charge is -2.35. The Labute approximate surface area is 125 Å². The van der Waals surface area contributed by atoms with Crippen molar-refractivity contribution in [1.29, 1.82) is 0 Å². The summed E-state index contributed by atoms with van der Waals surface area (Å²) in [7, 11) is -1.56. The molecule has 1 aliphatic rings. The number of nitrogens with one attached hydrogen (secondary N) is 1. The molecule has 0 aliphatic carbocycles. The summed E-state index contributed by atoms with van der Waals surface area (Å²) in [6.07, 6.45) is -0.0567. The van der Waals surface area contributed by atoms with Crippen LogP contribution in [0.15, 0.2) is 10.3 Å². The second kappa shape index (κ2) is 6.11. The largest absolute Gasteiger partial charge is 0.375 e. The minimum absolute atomic E-state index is 0.0567. The van der Waals surface area contributed by atoms with Crippen LogP contribution in [0.4, 0.5) is 0 Å². The smallest absolute Gasteiger partial charge is 0.252 e. The molecule has 2 heterocycles. The summed E-state index contributed by atoms with van der Waals surface area (Å²) in [5.41, 5.74) is 1.02. The molecule has 0 bridgehead atoms. The van der Waals surface area contributed by atoms with E-state index in [4.69, 9.17) is 4.74 Å². The Kier molecular flexibility index (Phi) is 4.86. The second-order valence-corrected chi connectivity index (χ2v) is 8.52. The molecule has 2 atom stereocenters. The summed E-state index contributed by atoms with van der Waals surface area (Å²) in [4.78, 5) is 1.07. The van der Waals surface area contributed by atoms with Gasteiger partial charge in [-0.2, -0.15) is 4.31 Å². The summed E-state index contributed by atoms with van der Waals surface area (Å²) in [6.45, 7) is 7.31. The quantitative estimate of drug-likeness (QED) is 0.915. The molecule has 0 spiro atoms. The number of morpholine rings is 1. The first-order valence-corrected chi connectivity index (χ1v) is 8.99. The molecular weight excluding hydrogens is 296 g/mol. The van der Waals surface area contributed by atoms with E-state index in [-0.39, 0.29) is 12.1 Å². The van der Waals surface area contributed by atoms with Crippen LogP contribution in [0.2, 0.25) is 0 Å². The van der Waals surface area contributed by atoms with Crippen molar-refractivity contribution in [1.82, 2.24) is 9.62 Å². The fourth-order valence-corrected chi connectivity index (χ4v) is 5.70. The van der Waals surface area contributed by atoms with Gasteiger partial charge in [-0.1, -0.05) is 0 Å². The Morgan fingerprint density at radius 3 is 2.85 bits per heavy atom. The monoisotopic (exact) mass is 318 g/mol. The van der Waals surface area contributed by atoms with Crippen LogP contribution in [-0.2, 0) is 21.3 Å². The lowest BCUT2D eigenvalue weighted by Crippen LogP contribution is -2.49. The molecule has 1 fully saturated rings. The van der Waals surface area contributed by atoms with Crippen molar-refractivity contribution in [2.45, 2.75) is 43.7 Å². The van der Waals surface area contributed by atoms with E-state index < -0.39 is 10.0 Å². The first-order valence-electron chi connectivity index (χ1n) is 6.73. The Hall–Kier alpha value is -0.470. The maximum absolute atomic E-state index is 12.8. The van der Waals surface area contributed by atoms with E-state index in [2.05, 4.69) is 5.32 Å². The Balaban J connectivity index is 2.31. The van der Waals surface area contributed by atoms with Gasteiger partial charge in [0.1, 0.15) is 4.21 Å². The van der Waals surface area contributed by atoms with E-state index in [1.807, 2.05) is 27.8 Å². The van der Waals surface area contributed by atoms with Gasteiger partial charge in [-0.15, -0.1) is 11.3 Å². The minimum atomic E-state index is -3.42. The number of thiophene rings is 1. The third kappa shape index (κ3) is 3.07. The zero-order valence-corrected chi connectivity index (χ0v) is 14.0. The summed E-state index contributed by atoms with van der Waals surface area (Å²) in [6, 6.07) is 1.66. The van der Waals surface area contributed by atoms with Crippen molar-refractivity contribution in [2.24, 2.45) is 0 Å². The van der Waals surface area contributed by atoms with Crippen molar-refractivity contribution < 1.29 is 13.2 Å². The van der Waals surface area contributed by atoms with Crippen LogP contribution in [0.3, 0.4) is 0 Å². The van der Waals surface area contributed by atoms with E-state index in [0.717, 1.165) is 10.4 Å². The third-order valence-corrected chi connectivity index (χ3v) is 7.12. The van der Waals surface area contributed by atoms with Crippen LogP contribution in [0.5, 0.6) is 0 Å². The predicted molar refractivity (Wildman–Crippen MR) is 80.6 cm³/mol. The molecular formula is C13H22N2O3S2. The molecule has 2 unspecified atom stereocenters. The van der Waals surface area contributed by atoms with Crippen LogP contribution in [0.1, 0.15) is 24.3 Å². The summed E-state index contributed by atoms with van der Waals surface area (Å²) < 4.78 is 33.0. The van der Waals surface area contributed by atoms with Gasteiger partial charge in [-0.05, 0) is 39.4 Å². The van der Waals surface area contributed by atoms with Crippen molar-refractivity contribution >= 4 is 21.4 Å². The van der Waals surface area contributed by atoms with Gasteiger partial charge < -0.3 is 10.1 Å². The van der Waals surface area contributed by atoms with Crippen LogP contribution in [-0.4, -0.2) is 45.1 Å². The lowest BCUT2D eigenvalue weighted by atomic mass is 10.2. The molecule has 2 rings (SSSR count). The van der Waals surface area contributed by atoms with Gasteiger partial charge in [0, 0.05) is 24.0 Å². The van der Waals surface area contributed by atoms with Crippen molar-refractivity contribution in [2.75, 3.05) is 20.2 Å². The highest BCUT2D eigenvalue weighted by atomic mass is 32.2. The van der Waals surface area contributed by atoms with Crippen molar-refractivity contribution in [3.8, 4) is 0 Å². The summed E-state index contributed by atoms with van der Waals surface area (Å²) >= 11 is 1.35. The Morgan fingerprint density at radius 1 is 1.50 bits per heavy atom. The van der Waals surface area contributed by atoms with Gasteiger partial charge in [-0.3, -0.25) is 0 Å². The molecule has 1 aromatic rings. The van der Waals surface area contributed by atoms with Crippen LogP contribution < -0.4 is 5.32 Å². The molecule has 0 saturated carbocycles. The van der Waals surface area contributed by atoms with Gasteiger partial charge >= 0.3 is 0 Å². The highest BCUT2D eigenvalue weighted by Crippen LogP contribution is 2.30. The standard InChI is InChI=1S/C13H22N2O3S2/c1-9-5-13(19-12(9)6-14-4)20(16,17)15-7-11(3)18-8-10(15)2/h5,10-11,14H,6-8H2,1-4H3. The lowest BCUT2D eigenvalue weighted by molar-refractivity contribution is -0.0170. The maximum Gasteiger partial charge on any atom is 0.252 e. The molecule has 0 amide bonds. The van der Waals surface area contributed by atoms with E-state index in [9.17, 15) is 8.42 Å². The van der Waals surface area contributed by atoms with Crippen LogP contribution >= 0.6 is 11.3 Å². The molecule has 1 aromatic heterocycles. The fraction of sp³-hybridized carbons (Fsp3) is 0.692. The minimum Gasteiger partial charge on any atom is -0.375 e. The van der Waals surface area contributed by atoms with Crippen LogP contribution in [0, 0.1) is 6.92 Å². The van der Waals surface area contributed by atoms with Gasteiger partial charge in [-0.25, -0.2) is 8.42 Å². The summed E-state index contributed by atoms with van der Waals surface area (Å²) in [5, 5.41) is 3.07. The number of rotatable bonds is 4. The highest BCUT2D eigenvalue weighted by Gasteiger charge is 2.35. The highest BCUT2D eigenvalue weighted by molar-refractivity contribution is 7.91. The number of hydrogen-bond donors (Lipinski definition) is 1. The summed E-state index contributed by atoms with van der Waals surface area (Å²) in [5.74, 6) is 0. The topological polar surface area (TPSA) is 58.6 Å². The second-order valence-electron chi connectivity index (χ2n) is 5.27. The van der Waals surface area contributed by atoms with Gasteiger partial charge in [0.15, 0.2) is 0 Å². The van der Waals surface area contributed by atoms with E-state index >= 15 is 0 Å². The zero-order valence-electron chi connectivity index (χ0n) is 12.3. The average molecular weight is 318 g/mol. The molecule has 1 aliphatic heterocycles. The maximum atomic E-state index is 12.8. The normalized spacial score (nSPS) is 25.0. The molecule has 0 radical (unpaired) electrons. The Bertz CT molecular complexity index is 568. The fourth-order valence-electron chi connectivity index (χ4n) is 2.28. The van der Waals surface area contributed by atoms with Crippen molar-refractivity contribution in [3.05, 3.63) is 16.5 Å². The van der Waals surface area contributed by atoms with Gasteiger partial charge in [0.25, 0.3) is 10.0 Å². The van der Waals surface area contributed by atoms with E-state index in [0.29, 0.717) is 23.9 Å². The first-order chi connectivity index (χ1) is 9.36. The van der Waals surface area contributed by atoms with Gasteiger partial charge in [0.05, 0.1) is 12.7 Å². The molecule has 5 nitrogen and oxygen atoms in total. The average Bonchev–Trinajstić information content (AvgIpc) is 2.75. The van der Waals surface area contributed by atoms with E-state index in [1.165, 1.54) is 11.3 Å². The molecule has 7 heteroatoms. The first kappa shape index (κ1) is 15.9. The molecule has 0 aromatic carbocycles.